The molecule has 1 aliphatic heterocycles. The number of amides is 1. The summed E-state index contributed by atoms with van der Waals surface area (Å²) in [6.45, 7) is 6.64. The van der Waals surface area contributed by atoms with Gasteiger partial charge >= 0.3 is 0 Å². The van der Waals surface area contributed by atoms with E-state index in [2.05, 4.69) is 17.4 Å². The van der Waals surface area contributed by atoms with Gasteiger partial charge in [-0.3, -0.25) is 4.79 Å². The predicted octanol–water partition coefficient (Wildman–Crippen LogP) is 4.06. The fraction of sp³-hybridized carbons (Fsp3) is 0.611. The lowest BCUT2D eigenvalue weighted by Crippen LogP contribution is -2.74. The Morgan fingerprint density at radius 1 is 1.36 bits per heavy atom. The van der Waals surface area contributed by atoms with E-state index >= 15 is 0 Å². The van der Waals surface area contributed by atoms with Gasteiger partial charge in [0.2, 0.25) is 5.91 Å². The number of anilines is 1. The van der Waals surface area contributed by atoms with Gasteiger partial charge in [-0.25, -0.2) is 0 Å². The van der Waals surface area contributed by atoms with Crippen LogP contribution in [0.1, 0.15) is 37.3 Å². The first kappa shape index (κ1) is 20.9. The highest BCUT2D eigenvalue weighted by atomic mass is 35.5. The second kappa shape index (κ2) is 8.09. The zero-order chi connectivity index (χ0) is 17.4. The van der Waals surface area contributed by atoms with Gasteiger partial charge in [-0.1, -0.05) is 26.0 Å². The van der Waals surface area contributed by atoms with Gasteiger partial charge < -0.3 is 15.8 Å². The molecule has 0 spiro atoms. The molecular weight excluding hydrogens is 376 g/mol. The van der Waals surface area contributed by atoms with Gasteiger partial charge in [0.05, 0.1) is 10.7 Å². The Balaban J connectivity index is 0.00000225. The second-order valence-electron chi connectivity index (χ2n) is 6.99. The molecule has 1 saturated heterocycles. The van der Waals surface area contributed by atoms with Gasteiger partial charge in [0.25, 0.3) is 0 Å². The molecular formula is C18H27ClN2O2S2. The number of nitrogens with two attached hydrogens (primary N) is 1. The number of hydrogen-bond donors (Lipinski definition) is 2. The molecule has 0 radical (unpaired) electrons. The summed E-state index contributed by atoms with van der Waals surface area (Å²) in [7, 11) is 0. The normalized spacial score (nSPS) is 28.1. The van der Waals surface area contributed by atoms with Crippen LogP contribution in [-0.2, 0) is 9.53 Å². The Hall–Kier alpha value is -0.400. The minimum Gasteiger partial charge on any atom is -0.378 e. The number of ether oxygens (including phenoxy) is 1. The fourth-order valence-corrected chi connectivity index (χ4v) is 6.22. The van der Waals surface area contributed by atoms with E-state index in [1.54, 1.807) is 0 Å². The number of hydrogen-bond acceptors (Lipinski definition) is 5. The highest BCUT2D eigenvalue weighted by molar-refractivity contribution is 8.19. The highest BCUT2D eigenvalue weighted by Crippen LogP contribution is 2.50. The van der Waals surface area contributed by atoms with E-state index in [4.69, 9.17) is 10.5 Å². The predicted molar refractivity (Wildman–Crippen MR) is 111 cm³/mol. The van der Waals surface area contributed by atoms with Crippen LogP contribution in [0.15, 0.2) is 24.3 Å². The molecule has 3 rings (SSSR count). The van der Waals surface area contributed by atoms with Crippen molar-refractivity contribution in [3.63, 3.8) is 0 Å². The van der Waals surface area contributed by atoms with Gasteiger partial charge in [0.15, 0.2) is 0 Å². The van der Waals surface area contributed by atoms with Crippen LogP contribution >= 0.6 is 35.9 Å². The van der Waals surface area contributed by atoms with E-state index in [-0.39, 0.29) is 29.8 Å². The fourth-order valence-electron chi connectivity index (χ4n) is 3.38. The SMILES string of the molecule is CCOC1CC(N)(C(=O)Nc2cccc(C3SCCS3)c2)C1(C)C.Cl. The molecule has 1 aliphatic carbocycles. The molecule has 0 bridgehead atoms. The van der Waals surface area contributed by atoms with Gasteiger partial charge in [0.1, 0.15) is 5.54 Å². The maximum atomic E-state index is 12.8. The number of carbonyl (C=O) groups is 1. The van der Waals surface area contributed by atoms with Crippen molar-refractivity contribution in [1.29, 1.82) is 0 Å². The van der Waals surface area contributed by atoms with E-state index in [1.807, 2.05) is 56.4 Å². The summed E-state index contributed by atoms with van der Waals surface area (Å²) in [6.07, 6.45) is 0.601. The third-order valence-corrected chi connectivity index (χ3v) is 8.38. The van der Waals surface area contributed by atoms with Crippen molar-refractivity contribution >= 4 is 47.5 Å². The van der Waals surface area contributed by atoms with Crippen LogP contribution in [0.2, 0.25) is 0 Å². The van der Waals surface area contributed by atoms with Crippen LogP contribution in [0, 0.1) is 5.41 Å². The molecule has 2 aliphatic rings. The lowest BCUT2D eigenvalue weighted by molar-refractivity contribution is -0.166. The minimum absolute atomic E-state index is 0. The first-order valence-corrected chi connectivity index (χ1v) is 10.5. The van der Waals surface area contributed by atoms with Crippen LogP contribution < -0.4 is 11.1 Å². The molecule has 2 unspecified atom stereocenters. The third-order valence-electron chi connectivity index (χ3n) is 5.27. The van der Waals surface area contributed by atoms with Gasteiger partial charge in [-0.2, -0.15) is 0 Å². The second-order valence-corrected chi connectivity index (χ2v) is 9.72. The topological polar surface area (TPSA) is 64.3 Å². The number of nitrogens with one attached hydrogen (secondary N) is 1. The van der Waals surface area contributed by atoms with E-state index in [9.17, 15) is 4.79 Å². The van der Waals surface area contributed by atoms with Crippen molar-refractivity contribution < 1.29 is 9.53 Å². The van der Waals surface area contributed by atoms with Gasteiger partial charge in [0, 0.05) is 35.6 Å². The van der Waals surface area contributed by atoms with E-state index in [0.717, 1.165) is 5.69 Å². The van der Waals surface area contributed by atoms with Crippen LogP contribution in [0.5, 0.6) is 0 Å². The van der Waals surface area contributed by atoms with E-state index < -0.39 is 5.54 Å². The number of rotatable bonds is 5. The minimum atomic E-state index is -0.889. The molecule has 2 atom stereocenters. The van der Waals surface area contributed by atoms with Crippen molar-refractivity contribution in [3.05, 3.63) is 29.8 Å². The van der Waals surface area contributed by atoms with Crippen LogP contribution in [0.4, 0.5) is 5.69 Å². The lowest BCUT2D eigenvalue weighted by atomic mass is 9.54. The monoisotopic (exact) mass is 402 g/mol. The lowest BCUT2D eigenvalue weighted by Gasteiger charge is -2.57. The molecule has 0 aromatic heterocycles. The summed E-state index contributed by atoms with van der Waals surface area (Å²) >= 11 is 3.92. The molecule has 7 heteroatoms. The molecule has 2 fully saturated rings. The van der Waals surface area contributed by atoms with Crippen LogP contribution in [0.25, 0.3) is 0 Å². The molecule has 4 nitrogen and oxygen atoms in total. The summed E-state index contributed by atoms with van der Waals surface area (Å²) in [4.78, 5) is 12.8. The van der Waals surface area contributed by atoms with Crippen molar-refractivity contribution in [2.24, 2.45) is 11.1 Å². The Morgan fingerprint density at radius 2 is 2.04 bits per heavy atom. The Morgan fingerprint density at radius 3 is 2.64 bits per heavy atom. The molecule has 3 N–H and O–H groups in total. The molecule has 140 valence electrons. The first-order valence-electron chi connectivity index (χ1n) is 8.43. The smallest absolute Gasteiger partial charge is 0.245 e. The first-order chi connectivity index (χ1) is 11.4. The van der Waals surface area contributed by atoms with Gasteiger partial charge in [-0.05, 0) is 24.6 Å². The Labute approximate surface area is 164 Å². The summed E-state index contributed by atoms with van der Waals surface area (Å²) < 4.78 is 6.18. The van der Waals surface area contributed by atoms with Gasteiger partial charge in [-0.15, -0.1) is 35.9 Å². The number of halogens is 1. The zero-order valence-corrected chi connectivity index (χ0v) is 17.4. The zero-order valence-electron chi connectivity index (χ0n) is 14.9. The van der Waals surface area contributed by atoms with Crippen molar-refractivity contribution in [2.45, 2.75) is 43.4 Å². The van der Waals surface area contributed by atoms with Crippen LogP contribution in [0.3, 0.4) is 0 Å². The largest absolute Gasteiger partial charge is 0.378 e. The quantitative estimate of drug-likeness (QED) is 0.777. The summed E-state index contributed by atoms with van der Waals surface area (Å²) in [5, 5.41) is 3.03. The maximum absolute atomic E-state index is 12.8. The Kier molecular flexibility index (Phi) is 6.77. The Bertz CT molecular complexity index is 623. The number of thioether (sulfide) groups is 2. The summed E-state index contributed by atoms with van der Waals surface area (Å²) in [5.41, 5.74) is 7.27. The van der Waals surface area contributed by atoms with E-state index in [1.165, 1.54) is 17.1 Å². The molecule has 1 amide bonds. The summed E-state index contributed by atoms with van der Waals surface area (Å²) in [6, 6.07) is 8.13. The van der Waals surface area contributed by atoms with E-state index in [0.29, 0.717) is 17.6 Å². The van der Waals surface area contributed by atoms with Crippen LogP contribution in [-0.4, -0.2) is 35.7 Å². The van der Waals surface area contributed by atoms with Crippen molar-refractivity contribution in [2.75, 3.05) is 23.4 Å². The average molecular weight is 403 g/mol. The molecule has 1 heterocycles. The molecule has 1 saturated carbocycles. The number of carbonyl (C=O) groups excluding carboxylic acids is 1. The average Bonchev–Trinajstić information content (AvgIpc) is 3.09. The molecule has 25 heavy (non-hydrogen) atoms. The van der Waals surface area contributed by atoms with Crippen molar-refractivity contribution in [3.8, 4) is 0 Å². The number of benzene rings is 1. The molecule has 1 aromatic rings. The highest BCUT2D eigenvalue weighted by Gasteiger charge is 2.62. The van der Waals surface area contributed by atoms with Crippen molar-refractivity contribution in [1.82, 2.24) is 0 Å². The molecule has 1 aromatic carbocycles. The summed E-state index contributed by atoms with van der Waals surface area (Å²) in [5.74, 6) is 2.25. The standard InChI is InChI=1S/C18H26N2O2S2.ClH/c1-4-22-14-11-18(19,17(14,2)3)16(21)20-13-7-5-6-12(10-13)15-23-8-9-24-15;/h5-7,10,14-15H,4,8-9,11,19H2,1-3H3,(H,20,21);1H. The maximum Gasteiger partial charge on any atom is 0.245 e. The third kappa shape index (κ3) is 3.83.